The fourth-order valence-corrected chi connectivity index (χ4v) is 2.38. The second-order valence-electron chi connectivity index (χ2n) is 4.27. The molecule has 1 unspecified atom stereocenters. The normalized spacial score (nSPS) is 19.4. The van der Waals surface area contributed by atoms with E-state index in [4.69, 9.17) is 0 Å². The van der Waals surface area contributed by atoms with Crippen molar-refractivity contribution in [1.82, 2.24) is 4.90 Å². The van der Waals surface area contributed by atoms with Gasteiger partial charge in [-0.1, -0.05) is 6.07 Å². The minimum absolute atomic E-state index is 0.0598. The topological polar surface area (TPSA) is 23.5 Å². The maximum atomic E-state index is 12.3. The van der Waals surface area contributed by atoms with Crippen molar-refractivity contribution in [2.24, 2.45) is 0 Å². The van der Waals surface area contributed by atoms with Gasteiger partial charge in [0.1, 0.15) is 5.75 Å². The third-order valence-corrected chi connectivity index (χ3v) is 3.13. The smallest absolute Gasteiger partial charge is 0.251 e. The number of hydrogen-bond donors (Lipinski definition) is 1. The number of phenols is 1. The average molecular weight is 227 g/mol. The number of fused-ring (bicyclic) bond motifs is 1. The number of alkyl halides is 2. The first-order valence-corrected chi connectivity index (χ1v) is 5.38. The molecular formula is C12H15F2NO. The molecule has 0 amide bonds. The Morgan fingerprint density at radius 1 is 1.50 bits per heavy atom. The first-order valence-electron chi connectivity index (χ1n) is 5.38. The summed E-state index contributed by atoms with van der Waals surface area (Å²) < 4.78 is 24.6. The van der Waals surface area contributed by atoms with E-state index in [9.17, 15) is 13.9 Å². The molecule has 2 nitrogen and oxygen atoms in total. The molecule has 0 saturated heterocycles. The van der Waals surface area contributed by atoms with Crippen LogP contribution in [0.25, 0.3) is 0 Å². The number of nitrogens with zero attached hydrogens (tertiary/aromatic N) is 1. The summed E-state index contributed by atoms with van der Waals surface area (Å²) in [5, 5.41) is 9.33. The second kappa shape index (κ2) is 4.37. The lowest BCUT2D eigenvalue weighted by atomic mass is 10.1. The van der Waals surface area contributed by atoms with Gasteiger partial charge in [0.15, 0.2) is 0 Å². The van der Waals surface area contributed by atoms with Gasteiger partial charge in [0.05, 0.1) is 6.54 Å². The number of benzene rings is 1. The van der Waals surface area contributed by atoms with Crippen molar-refractivity contribution in [2.75, 3.05) is 13.6 Å². The highest BCUT2D eigenvalue weighted by Gasteiger charge is 2.27. The molecule has 1 aliphatic rings. The summed E-state index contributed by atoms with van der Waals surface area (Å²) in [5.41, 5.74) is 2.15. The minimum Gasteiger partial charge on any atom is -0.508 e. The molecular weight excluding hydrogens is 212 g/mol. The predicted octanol–water partition coefficient (Wildman–Crippen LogP) is 2.58. The second-order valence-corrected chi connectivity index (χ2v) is 4.27. The van der Waals surface area contributed by atoms with Crippen LogP contribution in [0.2, 0.25) is 0 Å². The van der Waals surface area contributed by atoms with Crippen molar-refractivity contribution >= 4 is 0 Å². The van der Waals surface area contributed by atoms with Gasteiger partial charge in [0, 0.05) is 6.04 Å². The van der Waals surface area contributed by atoms with Crippen LogP contribution < -0.4 is 0 Å². The molecule has 0 spiro atoms. The molecule has 0 saturated carbocycles. The molecule has 1 atom stereocenters. The van der Waals surface area contributed by atoms with Crippen molar-refractivity contribution in [3.8, 4) is 5.75 Å². The summed E-state index contributed by atoms with van der Waals surface area (Å²) in [7, 11) is 1.72. The van der Waals surface area contributed by atoms with Gasteiger partial charge in [0.2, 0.25) is 0 Å². The highest BCUT2D eigenvalue weighted by atomic mass is 19.3. The summed E-state index contributed by atoms with van der Waals surface area (Å²) in [4.78, 5) is 1.69. The van der Waals surface area contributed by atoms with Crippen molar-refractivity contribution in [3.63, 3.8) is 0 Å². The largest absolute Gasteiger partial charge is 0.508 e. The third-order valence-electron chi connectivity index (χ3n) is 3.13. The Balaban J connectivity index is 2.17. The van der Waals surface area contributed by atoms with Crippen molar-refractivity contribution in [3.05, 3.63) is 29.3 Å². The highest BCUT2D eigenvalue weighted by molar-refractivity contribution is 5.40. The summed E-state index contributed by atoms with van der Waals surface area (Å²) >= 11 is 0. The summed E-state index contributed by atoms with van der Waals surface area (Å²) in [5.74, 6) is 0.246. The Kier molecular flexibility index (Phi) is 3.10. The summed E-state index contributed by atoms with van der Waals surface area (Å²) in [6.45, 7) is -0.203. The van der Waals surface area contributed by atoms with Gasteiger partial charge in [-0.2, -0.15) is 0 Å². The van der Waals surface area contributed by atoms with E-state index in [2.05, 4.69) is 0 Å². The van der Waals surface area contributed by atoms with Gasteiger partial charge < -0.3 is 5.11 Å². The number of hydrogen-bond acceptors (Lipinski definition) is 2. The van der Waals surface area contributed by atoms with E-state index in [1.807, 2.05) is 6.07 Å². The molecule has 0 fully saturated rings. The fourth-order valence-electron chi connectivity index (χ4n) is 2.38. The maximum absolute atomic E-state index is 12.3. The Labute approximate surface area is 93.5 Å². The Morgan fingerprint density at radius 2 is 2.25 bits per heavy atom. The van der Waals surface area contributed by atoms with Gasteiger partial charge in [-0.25, -0.2) is 8.78 Å². The Morgan fingerprint density at radius 3 is 2.94 bits per heavy atom. The van der Waals surface area contributed by atoms with E-state index < -0.39 is 6.43 Å². The van der Waals surface area contributed by atoms with Gasteiger partial charge >= 0.3 is 0 Å². The quantitative estimate of drug-likeness (QED) is 0.857. The van der Waals surface area contributed by atoms with E-state index in [1.165, 1.54) is 0 Å². The van der Waals surface area contributed by atoms with Gasteiger partial charge in [0.25, 0.3) is 6.43 Å². The maximum Gasteiger partial charge on any atom is 0.251 e. The first kappa shape index (κ1) is 11.3. The highest BCUT2D eigenvalue weighted by Crippen LogP contribution is 2.36. The van der Waals surface area contributed by atoms with E-state index in [1.54, 1.807) is 24.1 Å². The Hall–Kier alpha value is -1.16. The van der Waals surface area contributed by atoms with Crippen LogP contribution in [0.1, 0.15) is 23.6 Å². The van der Waals surface area contributed by atoms with Crippen LogP contribution in [0.5, 0.6) is 5.75 Å². The van der Waals surface area contributed by atoms with Crippen LogP contribution in [-0.4, -0.2) is 30.0 Å². The lowest BCUT2D eigenvalue weighted by Crippen LogP contribution is -2.28. The number of rotatable bonds is 3. The lowest BCUT2D eigenvalue weighted by molar-refractivity contribution is 0.0807. The van der Waals surface area contributed by atoms with Crippen molar-refractivity contribution < 1.29 is 13.9 Å². The van der Waals surface area contributed by atoms with Crippen molar-refractivity contribution in [2.45, 2.75) is 25.3 Å². The summed E-state index contributed by atoms with van der Waals surface area (Å²) in [6.07, 6.45) is -0.601. The number of aromatic hydroxyl groups is 1. The molecule has 1 N–H and O–H groups in total. The SMILES string of the molecule is CN(CC(F)F)C1CCc2cc(O)ccc21. The van der Waals surface area contributed by atoms with Gasteiger partial charge in [-0.05, 0) is 43.1 Å². The molecule has 0 heterocycles. The van der Waals surface area contributed by atoms with Crippen LogP contribution in [0.4, 0.5) is 8.78 Å². The van der Waals surface area contributed by atoms with E-state index in [0.29, 0.717) is 0 Å². The zero-order valence-corrected chi connectivity index (χ0v) is 9.16. The number of phenolic OH excluding ortho intramolecular Hbond substituents is 1. The minimum atomic E-state index is -2.30. The molecule has 0 radical (unpaired) electrons. The van der Waals surface area contributed by atoms with Crippen LogP contribution in [-0.2, 0) is 6.42 Å². The first-order chi connectivity index (χ1) is 7.58. The zero-order chi connectivity index (χ0) is 11.7. The molecule has 1 aromatic carbocycles. The molecule has 0 aromatic heterocycles. The lowest BCUT2D eigenvalue weighted by Gasteiger charge is -2.24. The molecule has 16 heavy (non-hydrogen) atoms. The number of halogens is 2. The standard InChI is InChI=1S/C12H15F2NO/c1-15(7-12(13)14)11-5-2-8-6-9(16)3-4-10(8)11/h3-4,6,11-12,16H,2,5,7H2,1H3. The van der Waals surface area contributed by atoms with Crippen LogP contribution in [0.3, 0.4) is 0 Å². The zero-order valence-electron chi connectivity index (χ0n) is 9.16. The van der Waals surface area contributed by atoms with E-state index in [0.717, 1.165) is 24.0 Å². The molecule has 0 aliphatic heterocycles. The predicted molar refractivity (Wildman–Crippen MR) is 57.8 cm³/mol. The van der Waals surface area contributed by atoms with Crippen LogP contribution in [0.15, 0.2) is 18.2 Å². The van der Waals surface area contributed by atoms with Crippen LogP contribution in [0, 0.1) is 0 Å². The molecule has 1 aromatic rings. The molecule has 88 valence electrons. The fraction of sp³-hybridized carbons (Fsp3) is 0.500. The van der Waals surface area contributed by atoms with Gasteiger partial charge in [-0.15, -0.1) is 0 Å². The van der Waals surface area contributed by atoms with Crippen LogP contribution >= 0.6 is 0 Å². The van der Waals surface area contributed by atoms with Crippen molar-refractivity contribution in [1.29, 1.82) is 0 Å². The molecule has 2 rings (SSSR count). The molecule has 0 bridgehead atoms. The summed E-state index contributed by atoms with van der Waals surface area (Å²) in [6, 6.07) is 5.24. The van der Waals surface area contributed by atoms with Gasteiger partial charge in [-0.3, -0.25) is 4.90 Å². The van der Waals surface area contributed by atoms with E-state index >= 15 is 0 Å². The monoisotopic (exact) mass is 227 g/mol. The average Bonchev–Trinajstić information content (AvgIpc) is 2.59. The molecule has 1 aliphatic carbocycles. The third kappa shape index (κ3) is 2.16. The Bertz CT molecular complexity index is 381. The molecule has 4 heteroatoms. The number of aryl methyl sites for hydroxylation is 1. The van der Waals surface area contributed by atoms with E-state index in [-0.39, 0.29) is 18.3 Å².